The predicted molar refractivity (Wildman–Crippen MR) is 43.1 cm³/mol. The van der Waals surface area contributed by atoms with Gasteiger partial charge in [-0.3, -0.25) is 4.79 Å². The average molecular weight is 153 g/mol. The summed E-state index contributed by atoms with van der Waals surface area (Å²) in [5.41, 5.74) is 0. The highest BCUT2D eigenvalue weighted by molar-refractivity contribution is 5.81. The SMILES string of the molecule is CCC1CCN(C2CC2)C1=O. The van der Waals surface area contributed by atoms with Gasteiger partial charge in [-0.15, -0.1) is 0 Å². The molecule has 0 spiro atoms. The van der Waals surface area contributed by atoms with Gasteiger partial charge in [-0.25, -0.2) is 0 Å². The Morgan fingerprint density at radius 1 is 1.45 bits per heavy atom. The molecule has 2 rings (SSSR count). The highest BCUT2D eigenvalue weighted by Gasteiger charge is 2.39. The van der Waals surface area contributed by atoms with Gasteiger partial charge < -0.3 is 4.90 Å². The lowest BCUT2D eigenvalue weighted by Crippen LogP contribution is -2.29. The maximum atomic E-state index is 11.5. The average Bonchev–Trinajstić information content (AvgIpc) is 2.77. The molecule has 11 heavy (non-hydrogen) atoms. The molecular formula is C9H15NO. The summed E-state index contributed by atoms with van der Waals surface area (Å²) in [4.78, 5) is 13.6. The second-order valence-electron chi connectivity index (χ2n) is 3.66. The summed E-state index contributed by atoms with van der Waals surface area (Å²) in [5.74, 6) is 0.783. The molecule has 1 heterocycles. The van der Waals surface area contributed by atoms with Crippen molar-refractivity contribution in [3.05, 3.63) is 0 Å². The van der Waals surface area contributed by atoms with E-state index in [1.165, 1.54) is 12.8 Å². The first-order valence-electron chi connectivity index (χ1n) is 4.63. The number of likely N-dealkylation sites (tertiary alicyclic amines) is 1. The number of hydrogen-bond acceptors (Lipinski definition) is 1. The van der Waals surface area contributed by atoms with Gasteiger partial charge in [-0.1, -0.05) is 6.92 Å². The lowest BCUT2D eigenvalue weighted by Gasteiger charge is -2.14. The van der Waals surface area contributed by atoms with Crippen LogP contribution >= 0.6 is 0 Å². The largest absolute Gasteiger partial charge is 0.339 e. The van der Waals surface area contributed by atoms with Crippen LogP contribution in [-0.2, 0) is 4.79 Å². The number of carbonyl (C=O) groups is 1. The Bertz CT molecular complexity index is 174. The summed E-state index contributed by atoms with van der Waals surface area (Å²) in [7, 11) is 0. The molecule has 1 aliphatic heterocycles. The van der Waals surface area contributed by atoms with Crippen molar-refractivity contribution in [2.45, 2.75) is 38.6 Å². The molecule has 2 nitrogen and oxygen atoms in total. The molecule has 2 fully saturated rings. The summed E-state index contributed by atoms with van der Waals surface area (Å²) >= 11 is 0. The van der Waals surface area contributed by atoms with Gasteiger partial charge in [0.1, 0.15) is 0 Å². The first-order chi connectivity index (χ1) is 5.33. The molecule has 1 unspecified atom stereocenters. The van der Waals surface area contributed by atoms with Crippen LogP contribution in [-0.4, -0.2) is 23.4 Å². The van der Waals surface area contributed by atoms with E-state index in [1.54, 1.807) is 0 Å². The number of rotatable bonds is 2. The Balaban J connectivity index is 1.99. The lowest BCUT2D eigenvalue weighted by molar-refractivity contribution is -0.131. The molecule has 0 bridgehead atoms. The molecule has 62 valence electrons. The van der Waals surface area contributed by atoms with Crippen LogP contribution in [0, 0.1) is 5.92 Å². The van der Waals surface area contributed by atoms with Crippen molar-refractivity contribution in [3.63, 3.8) is 0 Å². The standard InChI is InChI=1S/C9H15NO/c1-2-7-5-6-10(9(7)11)8-3-4-8/h7-8H,2-6H2,1H3. The predicted octanol–water partition coefficient (Wildman–Crippen LogP) is 1.41. The molecule has 0 N–H and O–H groups in total. The Labute approximate surface area is 67.6 Å². The van der Waals surface area contributed by atoms with Crippen LogP contribution in [0.3, 0.4) is 0 Å². The maximum Gasteiger partial charge on any atom is 0.225 e. The van der Waals surface area contributed by atoms with Gasteiger partial charge in [-0.2, -0.15) is 0 Å². The molecule has 1 amide bonds. The summed E-state index contributed by atoms with van der Waals surface area (Å²) in [5, 5.41) is 0. The third-order valence-corrected chi connectivity index (χ3v) is 2.83. The minimum Gasteiger partial charge on any atom is -0.339 e. The van der Waals surface area contributed by atoms with Crippen LogP contribution < -0.4 is 0 Å². The summed E-state index contributed by atoms with van der Waals surface area (Å²) < 4.78 is 0. The van der Waals surface area contributed by atoms with E-state index < -0.39 is 0 Å². The molecule has 1 aliphatic carbocycles. The molecule has 1 atom stereocenters. The van der Waals surface area contributed by atoms with Gasteiger partial charge in [0.05, 0.1) is 0 Å². The highest BCUT2D eigenvalue weighted by Crippen LogP contribution is 2.33. The van der Waals surface area contributed by atoms with E-state index in [-0.39, 0.29) is 0 Å². The molecule has 1 saturated carbocycles. The van der Waals surface area contributed by atoms with Crippen molar-refractivity contribution in [2.75, 3.05) is 6.54 Å². The Morgan fingerprint density at radius 2 is 2.18 bits per heavy atom. The summed E-state index contributed by atoms with van der Waals surface area (Å²) in [6.07, 6.45) is 4.64. The number of nitrogens with zero attached hydrogens (tertiary/aromatic N) is 1. The third kappa shape index (κ3) is 1.15. The van der Waals surface area contributed by atoms with Crippen molar-refractivity contribution >= 4 is 5.91 Å². The normalized spacial score (nSPS) is 31.5. The fourth-order valence-electron chi connectivity index (χ4n) is 1.89. The molecule has 0 aromatic heterocycles. The van der Waals surface area contributed by atoms with Crippen LogP contribution in [0.2, 0.25) is 0 Å². The molecular weight excluding hydrogens is 138 g/mol. The number of hydrogen-bond donors (Lipinski definition) is 0. The van der Waals surface area contributed by atoms with Crippen molar-refractivity contribution in [3.8, 4) is 0 Å². The molecule has 0 radical (unpaired) electrons. The summed E-state index contributed by atoms with van der Waals surface area (Å²) in [6, 6.07) is 0.638. The zero-order valence-electron chi connectivity index (χ0n) is 7.05. The first-order valence-corrected chi connectivity index (χ1v) is 4.63. The third-order valence-electron chi connectivity index (χ3n) is 2.83. The fraction of sp³-hybridized carbons (Fsp3) is 0.889. The van der Waals surface area contributed by atoms with E-state index in [2.05, 4.69) is 11.8 Å². The van der Waals surface area contributed by atoms with Gasteiger partial charge in [0.15, 0.2) is 0 Å². The van der Waals surface area contributed by atoms with Gasteiger partial charge in [0.25, 0.3) is 0 Å². The second kappa shape index (κ2) is 2.50. The van der Waals surface area contributed by atoms with Crippen LogP contribution in [0.5, 0.6) is 0 Å². The number of carbonyl (C=O) groups excluding carboxylic acids is 1. The van der Waals surface area contributed by atoms with Crippen molar-refractivity contribution < 1.29 is 4.79 Å². The number of amides is 1. The van der Waals surface area contributed by atoms with Crippen LogP contribution in [0.25, 0.3) is 0 Å². The van der Waals surface area contributed by atoms with Crippen molar-refractivity contribution in [1.82, 2.24) is 4.90 Å². The van der Waals surface area contributed by atoms with Crippen molar-refractivity contribution in [1.29, 1.82) is 0 Å². The lowest BCUT2D eigenvalue weighted by atomic mass is 10.1. The quantitative estimate of drug-likeness (QED) is 0.587. The Hall–Kier alpha value is -0.530. The van der Waals surface area contributed by atoms with E-state index in [9.17, 15) is 4.79 Å². The zero-order chi connectivity index (χ0) is 7.84. The monoisotopic (exact) mass is 153 g/mol. The van der Waals surface area contributed by atoms with Crippen LogP contribution in [0.4, 0.5) is 0 Å². The summed E-state index contributed by atoms with van der Waals surface area (Å²) in [6.45, 7) is 3.14. The molecule has 0 aromatic rings. The van der Waals surface area contributed by atoms with E-state index in [4.69, 9.17) is 0 Å². The first kappa shape index (κ1) is 7.14. The van der Waals surface area contributed by atoms with Gasteiger partial charge in [0, 0.05) is 18.5 Å². The topological polar surface area (TPSA) is 20.3 Å². The van der Waals surface area contributed by atoms with Gasteiger partial charge >= 0.3 is 0 Å². The molecule has 0 aromatic carbocycles. The second-order valence-corrected chi connectivity index (χ2v) is 3.66. The van der Waals surface area contributed by atoms with E-state index in [1.807, 2.05) is 0 Å². The zero-order valence-corrected chi connectivity index (χ0v) is 7.05. The minimum atomic E-state index is 0.357. The van der Waals surface area contributed by atoms with Crippen molar-refractivity contribution in [2.24, 2.45) is 5.92 Å². The molecule has 2 heteroatoms. The fourth-order valence-corrected chi connectivity index (χ4v) is 1.89. The van der Waals surface area contributed by atoms with Gasteiger partial charge in [-0.05, 0) is 25.7 Å². The smallest absolute Gasteiger partial charge is 0.225 e. The molecule has 2 aliphatic rings. The minimum absolute atomic E-state index is 0.357. The highest BCUT2D eigenvalue weighted by atomic mass is 16.2. The van der Waals surface area contributed by atoms with Crippen LogP contribution in [0.1, 0.15) is 32.6 Å². The van der Waals surface area contributed by atoms with E-state index in [0.717, 1.165) is 19.4 Å². The Kier molecular flexibility index (Phi) is 1.63. The van der Waals surface area contributed by atoms with Crippen LogP contribution in [0.15, 0.2) is 0 Å². The maximum absolute atomic E-state index is 11.5. The Morgan fingerprint density at radius 3 is 2.64 bits per heavy atom. The molecule has 1 saturated heterocycles. The van der Waals surface area contributed by atoms with E-state index >= 15 is 0 Å². The van der Waals surface area contributed by atoms with E-state index in [0.29, 0.717) is 17.9 Å². The van der Waals surface area contributed by atoms with Gasteiger partial charge in [0.2, 0.25) is 5.91 Å².